The zero-order valence-electron chi connectivity index (χ0n) is 12.4. The standard InChI is InChI=1S/C14H13FN6O3/c15-12-3-10(20-7-11(5-17-19-16)24-14(20)23)1-2-13(12)21-6-9(8-22)4-18-21/h1-4,6,11,22H,5,7-8H2/t11-/m0/s1. The lowest BCUT2D eigenvalue weighted by atomic mass is 10.2. The van der Waals surface area contributed by atoms with Gasteiger partial charge in [0.05, 0.1) is 31.6 Å². The molecule has 1 amide bonds. The van der Waals surface area contributed by atoms with Crippen molar-refractivity contribution >= 4 is 11.8 Å². The number of carbonyl (C=O) groups is 1. The lowest BCUT2D eigenvalue weighted by Crippen LogP contribution is -2.25. The van der Waals surface area contributed by atoms with E-state index in [2.05, 4.69) is 15.1 Å². The van der Waals surface area contributed by atoms with E-state index in [1.54, 1.807) is 6.07 Å². The summed E-state index contributed by atoms with van der Waals surface area (Å²) in [6.45, 7) is 0.00941. The van der Waals surface area contributed by atoms with E-state index in [0.717, 1.165) is 0 Å². The van der Waals surface area contributed by atoms with Crippen molar-refractivity contribution in [3.05, 3.63) is 52.4 Å². The van der Waals surface area contributed by atoms with E-state index in [1.807, 2.05) is 0 Å². The van der Waals surface area contributed by atoms with Crippen LogP contribution in [0.25, 0.3) is 16.1 Å². The van der Waals surface area contributed by atoms with Crippen molar-refractivity contribution in [1.29, 1.82) is 0 Å². The van der Waals surface area contributed by atoms with Gasteiger partial charge in [0.2, 0.25) is 0 Å². The molecule has 2 aromatic rings. The number of benzene rings is 1. The Labute approximate surface area is 135 Å². The van der Waals surface area contributed by atoms with E-state index in [0.29, 0.717) is 11.3 Å². The highest BCUT2D eigenvalue weighted by molar-refractivity contribution is 5.89. The maximum Gasteiger partial charge on any atom is 0.414 e. The molecular weight excluding hydrogens is 319 g/mol. The van der Waals surface area contributed by atoms with Gasteiger partial charge in [0, 0.05) is 16.7 Å². The van der Waals surface area contributed by atoms with Gasteiger partial charge in [-0.15, -0.1) is 0 Å². The second-order valence-electron chi connectivity index (χ2n) is 5.12. The van der Waals surface area contributed by atoms with Crippen LogP contribution in [0.1, 0.15) is 5.56 Å². The van der Waals surface area contributed by atoms with Crippen LogP contribution in [-0.4, -0.2) is 40.2 Å². The third-order valence-corrected chi connectivity index (χ3v) is 3.53. The molecule has 9 nitrogen and oxygen atoms in total. The fourth-order valence-electron chi connectivity index (χ4n) is 2.38. The largest absolute Gasteiger partial charge is 0.444 e. The van der Waals surface area contributed by atoms with E-state index in [-0.39, 0.29) is 25.4 Å². The number of rotatable bonds is 5. The van der Waals surface area contributed by atoms with Crippen molar-refractivity contribution in [1.82, 2.24) is 9.78 Å². The fraction of sp³-hybridized carbons (Fsp3) is 0.286. The third kappa shape index (κ3) is 3.00. The first-order valence-corrected chi connectivity index (χ1v) is 7.05. The maximum atomic E-state index is 14.4. The summed E-state index contributed by atoms with van der Waals surface area (Å²) in [4.78, 5) is 15.7. The highest BCUT2D eigenvalue weighted by Crippen LogP contribution is 2.25. The summed E-state index contributed by atoms with van der Waals surface area (Å²) in [5.74, 6) is -0.577. The topological polar surface area (TPSA) is 116 Å². The van der Waals surface area contributed by atoms with Crippen molar-refractivity contribution in [2.75, 3.05) is 18.0 Å². The minimum atomic E-state index is -0.623. The Morgan fingerprint density at radius 1 is 1.54 bits per heavy atom. The normalized spacial score (nSPS) is 16.8. The van der Waals surface area contributed by atoms with Gasteiger partial charge in [0.25, 0.3) is 0 Å². The predicted molar refractivity (Wildman–Crippen MR) is 81.1 cm³/mol. The molecule has 1 aliphatic heterocycles. The molecule has 1 aromatic carbocycles. The second kappa shape index (κ2) is 6.57. The van der Waals surface area contributed by atoms with Crippen LogP contribution in [0.5, 0.6) is 0 Å². The van der Waals surface area contributed by atoms with Crippen LogP contribution >= 0.6 is 0 Å². The van der Waals surface area contributed by atoms with E-state index in [4.69, 9.17) is 15.4 Å². The van der Waals surface area contributed by atoms with Crippen molar-refractivity contribution < 1.29 is 19.0 Å². The molecule has 0 unspecified atom stereocenters. The zero-order chi connectivity index (χ0) is 17.1. The number of aromatic nitrogens is 2. The smallest absolute Gasteiger partial charge is 0.414 e. The highest BCUT2D eigenvalue weighted by atomic mass is 19.1. The number of cyclic esters (lactones) is 1. The highest BCUT2D eigenvalue weighted by Gasteiger charge is 2.32. The molecule has 10 heteroatoms. The molecule has 3 rings (SSSR count). The number of carbonyl (C=O) groups excluding carboxylic acids is 1. The molecule has 124 valence electrons. The number of ether oxygens (including phenoxy) is 1. The molecule has 0 radical (unpaired) electrons. The van der Waals surface area contributed by atoms with Crippen LogP contribution in [0.2, 0.25) is 0 Å². The molecular formula is C14H13FN6O3. The summed E-state index contributed by atoms with van der Waals surface area (Å²) in [6.07, 6.45) is 1.76. The monoisotopic (exact) mass is 332 g/mol. The number of hydrogen-bond acceptors (Lipinski definition) is 5. The first-order chi connectivity index (χ1) is 11.6. The minimum Gasteiger partial charge on any atom is -0.444 e. The quantitative estimate of drug-likeness (QED) is 0.513. The molecule has 1 N–H and O–H groups in total. The number of amides is 1. The molecule has 1 atom stereocenters. The molecule has 1 aliphatic rings. The van der Waals surface area contributed by atoms with Crippen LogP contribution in [0.4, 0.5) is 14.9 Å². The van der Waals surface area contributed by atoms with Crippen molar-refractivity contribution in [2.45, 2.75) is 12.7 Å². The Morgan fingerprint density at radius 2 is 2.38 bits per heavy atom. The van der Waals surface area contributed by atoms with Gasteiger partial charge in [-0.1, -0.05) is 5.11 Å². The Morgan fingerprint density at radius 3 is 3.04 bits per heavy atom. The Hall–Kier alpha value is -3.10. The Bertz CT molecular complexity index is 817. The average molecular weight is 332 g/mol. The first kappa shape index (κ1) is 15.8. The van der Waals surface area contributed by atoms with Crippen molar-refractivity contribution in [3.63, 3.8) is 0 Å². The van der Waals surface area contributed by atoms with Crippen LogP contribution < -0.4 is 4.90 Å². The van der Waals surface area contributed by atoms with E-state index in [1.165, 1.54) is 34.1 Å². The van der Waals surface area contributed by atoms with Crippen molar-refractivity contribution in [3.8, 4) is 5.69 Å². The molecule has 1 fully saturated rings. The molecule has 1 saturated heterocycles. The van der Waals surface area contributed by atoms with Crippen LogP contribution in [-0.2, 0) is 11.3 Å². The van der Waals surface area contributed by atoms with Gasteiger partial charge in [-0.25, -0.2) is 13.9 Å². The van der Waals surface area contributed by atoms with E-state index >= 15 is 0 Å². The summed E-state index contributed by atoms with van der Waals surface area (Å²) < 4.78 is 20.7. The molecule has 2 heterocycles. The molecule has 0 saturated carbocycles. The summed E-state index contributed by atoms with van der Waals surface area (Å²) in [5.41, 5.74) is 9.38. The van der Waals surface area contributed by atoms with Crippen molar-refractivity contribution in [2.24, 2.45) is 5.11 Å². The number of hydrogen-bond donors (Lipinski definition) is 1. The average Bonchev–Trinajstić information content (AvgIpc) is 3.19. The maximum absolute atomic E-state index is 14.4. The predicted octanol–water partition coefficient (Wildman–Crippen LogP) is 2.14. The SMILES string of the molecule is [N-]=[N+]=NC[C@H]1CN(c2ccc(-n3cc(CO)cn3)c(F)c2)C(=O)O1. The minimum absolute atomic E-state index is 0.0243. The zero-order valence-corrected chi connectivity index (χ0v) is 12.4. The van der Waals surface area contributed by atoms with E-state index in [9.17, 15) is 9.18 Å². The first-order valence-electron chi connectivity index (χ1n) is 7.05. The third-order valence-electron chi connectivity index (χ3n) is 3.53. The van der Waals surface area contributed by atoms with E-state index < -0.39 is 18.0 Å². The second-order valence-corrected chi connectivity index (χ2v) is 5.12. The van der Waals surface area contributed by atoms with Crippen LogP contribution in [0.3, 0.4) is 0 Å². The molecule has 0 bridgehead atoms. The lowest BCUT2D eigenvalue weighted by molar-refractivity contribution is 0.145. The molecule has 0 spiro atoms. The summed E-state index contributed by atoms with van der Waals surface area (Å²) >= 11 is 0. The molecule has 24 heavy (non-hydrogen) atoms. The van der Waals surface area contributed by atoms with Gasteiger partial charge in [0.15, 0.2) is 5.82 Å². The lowest BCUT2D eigenvalue weighted by Gasteiger charge is -2.14. The van der Waals surface area contributed by atoms with Gasteiger partial charge in [-0.05, 0) is 23.7 Å². The van der Waals surface area contributed by atoms with Gasteiger partial charge >= 0.3 is 6.09 Å². The number of anilines is 1. The number of nitrogens with zero attached hydrogens (tertiary/aromatic N) is 6. The van der Waals surface area contributed by atoms with Crippen LogP contribution in [0, 0.1) is 5.82 Å². The number of azide groups is 1. The van der Waals surface area contributed by atoms with Crippen LogP contribution in [0.15, 0.2) is 35.7 Å². The number of aliphatic hydroxyl groups excluding tert-OH is 1. The molecule has 1 aromatic heterocycles. The summed E-state index contributed by atoms with van der Waals surface area (Å²) in [7, 11) is 0. The number of halogens is 1. The summed E-state index contributed by atoms with van der Waals surface area (Å²) in [6, 6.07) is 4.25. The van der Waals surface area contributed by atoms with Gasteiger partial charge in [0.1, 0.15) is 11.8 Å². The van der Waals surface area contributed by atoms with Gasteiger partial charge in [-0.2, -0.15) is 5.10 Å². The van der Waals surface area contributed by atoms with Gasteiger partial charge < -0.3 is 9.84 Å². The Balaban J connectivity index is 1.82. The van der Waals surface area contributed by atoms with Gasteiger partial charge in [-0.3, -0.25) is 4.90 Å². The summed E-state index contributed by atoms with van der Waals surface area (Å²) in [5, 5.41) is 16.4. The fourth-order valence-corrected chi connectivity index (χ4v) is 2.38. The number of aliphatic hydroxyl groups is 1. The molecule has 0 aliphatic carbocycles. The Kier molecular flexibility index (Phi) is 4.32.